The van der Waals surface area contributed by atoms with Crippen LogP contribution in [0.1, 0.15) is 24.0 Å². The highest BCUT2D eigenvalue weighted by atomic mass is 16.4. The molecule has 6 nitrogen and oxygen atoms in total. The first-order chi connectivity index (χ1) is 11.1. The number of carbonyl (C=O) groups is 1. The molecule has 1 saturated heterocycles. The fraction of sp³-hybridized carbons (Fsp3) is 0.412. The Balaban J connectivity index is 1.78. The van der Waals surface area contributed by atoms with Crippen LogP contribution in [0.2, 0.25) is 0 Å². The van der Waals surface area contributed by atoms with Gasteiger partial charge in [-0.15, -0.1) is 0 Å². The normalized spacial score (nSPS) is 22.1. The topological polar surface area (TPSA) is 78.6 Å². The van der Waals surface area contributed by atoms with Crippen LogP contribution in [0, 0.1) is 0 Å². The van der Waals surface area contributed by atoms with E-state index in [4.69, 9.17) is 0 Å². The Bertz CT molecular complexity index is 657. The first-order valence-electron chi connectivity index (χ1n) is 7.82. The second-order valence-electron chi connectivity index (χ2n) is 5.98. The van der Waals surface area contributed by atoms with Gasteiger partial charge < -0.3 is 10.2 Å². The van der Waals surface area contributed by atoms with Crippen LogP contribution in [-0.4, -0.2) is 49.6 Å². The fourth-order valence-electron chi connectivity index (χ4n) is 3.09. The number of carboxylic acid groups (broad SMARTS) is 1. The molecule has 2 atom stereocenters. The van der Waals surface area contributed by atoms with Gasteiger partial charge in [0, 0.05) is 25.5 Å². The van der Waals surface area contributed by atoms with Gasteiger partial charge in [0.25, 0.3) is 0 Å². The number of nitrogens with zero attached hydrogens (tertiary/aromatic N) is 3. The van der Waals surface area contributed by atoms with Gasteiger partial charge in [0.1, 0.15) is 6.04 Å². The van der Waals surface area contributed by atoms with E-state index in [1.54, 1.807) is 6.20 Å². The third-order valence-electron chi connectivity index (χ3n) is 4.35. The van der Waals surface area contributed by atoms with Crippen LogP contribution < -0.4 is 0 Å². The van der Waals surface area contributed by atoms with Gasteiger partial charge >= 0.3 is 5.97 Å². The summed E-state index contributed by atoms with van der Waals surface area (Å²) in [6, 6.07) is 9.29. The van der Waals surface area contributed by atoms with Crippen molar-refractivity contribution < 1.29 is 15.0 Å². The predicted octanol–water partition coefficient (Wildman–Crippen LogP) is 1.34. The summed E-state index contributed by atoms with van der Waals surface area (Å²) < 4.78 is 1.85. The number of hydrogen-bond donors (Lipinski definition) is 2. The van der Waals surface area contributed by atoms with Crippen LogP contribution in [0.3, 0.4) is 0 Å². The molecule has 0 amide bonds. The SMILES string of the molecule is O=C(O)[C@H]1C[C@@H](O)CCN1Cc1ccccc1Cn1cccn1. The zero-order valence-electron chi connectivity index (χ0n) is 12.9. The minimum absolute atomic E-state index is 0.288. The van der Waals surface area contributed by atoms with E-state index in [-0.39, 0.29) is 6.42 Å². The summed E-state index contributed by atoms with van der Waals surface area (Å²) in [6.45, 7) is 1.83. The Labute approximate surface area is 135 Å². The summed E-state index contributed by atoms with van der Waals surface area (Å²) in [5, 5.41) is 23.4. The standard InChI is InChI=1S/C17H21N3O3/c21-15-6-9-19(16(10-15)17(22)23)11-13-4-1-2-5-14(13)12-20-8-3-7-18-20/h1-5,7-8,15-16,21H,6,9-12H2,(H,22,23)/t15-,16+/m0/s1. The second-order valence-corrected chi connectivity index (χ2v) is 5.98. The number of aliphatic carboxylic acids is 1. The summed E-state index contributed by atoms with van der Waals surface area (Å²) in [7, 11) is 0. The van der Waals surface area contributed by atoms with Crippen LogP contribution in [0.15, 0.2) is 42.7 Å². The summed E-state index contributed by atoms with van der Waals surface area (Å²) >= 11 is 0. The number of piperidine rings is 1. The highest BCUT2D eigenvalue weighted by molar-refractivity contribution is 5.73. The highest BCUT2D eigenvalue weighted by Gasteiger charge is 2.32. The monoisotopic (exact) mass is 315 g/mol. The summed E-state index contributed by atoms with van der Waals surface area (Å²) in [4.78, 5) is 13.4. The Kier molecular flexibility index (Phi) is 4.73. The number of carboxylic acids is 1. The maximum atomic E-state index is 11.5. The smallest absolute Gasteiger partial charge is 0.321 e. The van der Waals surface area contributed by atoms with Crippen molar-refractivity contribution >= 4 is 5.97 Å². The molecule has 1 aliphatic rings. The maximum Gasteiger partial charge on any atom is 0.321 e. The quantitative estimate of drug-likeness (QED) is 0.870. The van der Waals surface area contributed by atoms with Crippen LogP contribution in [0.5, 0.6) is 0 Å². The number of aromatic nitrogens is 2. The molecule has 6 heteroatoms. The molecule has 0 bridgehead atoms. The maximum absolute atomic E-state index is 11.5. The molecule has 1 fully saturated rings. The van der Waals surface area contributed by atoms with E-state index in [0.29, 0.717) is 26.1 Å². The lowest BCUT2D eigenvalue weighted by atomic mass is 9.97. The van der Waals surface area contributed by atoms with Crippen LogP contribution >= 0.6 is 0 Å². The molecule has 2 aromatic rings. The largest absolute Gasteiger partial charge is 0.480 e. The van der Waals surface area contributed by atoms with Crippen molar-refractivity contribution in [3.63, 3.8) is 0 Å². The highest BCUT2D eigenvalue weighted by Crippen LogP contribution is 2.22. The molecule has 122 valence electrons. The number of hydrogen-bond acceptors (Lipinski definition) is 4. The molecule has 0 spiro atoms. The van der Waals surface area contributed by atoms with E-state index < -0.39 is 18.1 Å². The van der Waals surface area contributed by atoms with Gasteiger partial charge in [-0.2, -0.15) is 5.10 Å². The molecule has 0 saturated carbocycles. The minimum Gasteiger partial charge on any atom is -0.480 e. The van der Waals surface area contributed by atoms with Crippen molar-refractivity contribution in [1.82, 2.24) is 14.7 Å². The van der Waals surface area contributed by atoms with Crippen molar-refractivity contribution in [2.75, 3.05) is 6.54 Å². The lowest BCUT2D eigenvalue weighted by Crippen LogP contribution is -2.48. The molecule has 0 aliphatic carbocycles. The van der Waals surface area contributed by atoms with Crippen molar-refractivity contribution in [2.45, 2.75) is 38.1 Å². The van der Waals surface area contributed by atoms with Crippen molar-refractivity contribution in [2.24, 2.45) is 0 Å². The van der Waals surface area contributed by atoms with Crippen molar-refractivity contribution in [3.05, 3.63) is 53.9 Å². The molecular weight excluding hydrogens is 294 g/mol. The molecule has 1 aromatic carbocycles. The third kappa shape index (κ3) is 3.78. The molecular formula is C17H21N3O3. The molecule has 2 heterocycles. The van der Waals surface area contributed by atoms with E-state index in [1.807, 2.05) is 46.1 Å². The zero-order chi connectivity index (χ0) is 16.2. The fourth-order valence-corrected chi connectivity index (χ4v) is 3.09. The molecule has 2 N–H and O–H groups in total. The molecule has 1 aromatic heterocycles. The number of aliphatic hydroxyl groups is 1. The Hall–Kier alpha value is -2.18. The minimum atomic E-state index is -0.867. The number of benzene rings is 1. The number of aliphatic hydroxyl groups excluding tert-OH is 1. The van der Waals surface area contributed by atoms with Gasteiger partial charge in [0.15, 0.2) is 0 Å². The first kappa shape index (κ1) is 15.7. The van der Waals surface area contributed by atoms with E-state index in [2.05, 4.69) is 5.10 Å². The van der Waals surface area contributed by atoms with Gasteiger partial charge in [-0.3, -0.25) is 14.4 Å². The van der Waals surface area contributed by atoms with Crippen LogP contribution in [0.25, 0.3) is 0 Å². The first-order valence-corrected chi connectivity index (χ1v) is 7.82. The Morgan fingerprint density at radius 3 is 2.61 bits per heavy atom. The van der Waals surface area contributed by atoms with Crippen LogP contribution in [0.4, 0.5) is 0 Å². The van der Waals surface area contributed by atoms with Gasteiger partial charge in [0.2, 0.25) is 0 Å². The predicted molar refractivity (Wildman–Crippen MR) is 84.8 cm³/mol. The lowest BCUT2D eigenvalue weighted by Gasteiger charge is -2.35. The zero-order valence-corrected chi connectivity index (χ0v) is 12.9. The van der Waals surface area contributed by atoms with E-state index in [9.17, 15) is 15.0 Å². The number of rotatable bonds is 5. The second kappa shape index (κ2) is 6.93. The van der Waals surface area contributed by atoms with Gasteiger partial charge in [0.05, 0.1) is 12.6 Å². The summed E-state index contributed by atoms with van der Waals surface area (Å²) in [5.74, 6) is -0.867. The summed E-state index contributed by atoms with van der Waals surface area (Å²) in [5.41, 5.74) is 2.23. The molecule has 1 aliphatic heterocycles. The Morgan fingerprint density at radius 1 is 1.22 bits per heavy atom. The summed E-state index contributed by atoms with van der Waals surface area (Å²) in [6.07, 6.45) is 4.04. The average Bonchev–Trinajstić information content (AvgIpc) is 3.04. The van der Waals surface area contributed by atoms with E-state index >= 15 is 0 Å². The van der Waals surface area contributed by atoms with Crippen molar-refractivity contribution in [3.8, 4) is 0 Å². The lowest BCUT2D eigenvalue weighted by molar-refractivity contribution is -0.147. The molecule has 3 rings (SSSR count). The molecule has 0 unspecified atom stereocenters. The third-order valence-corrected chi connectivity index (χ3v) is 4.35. The molecule has 23 heavy (non-hydrogen) atoms. The average molecular weight is 315 g/mol. The van der Waals surface area contributed by atoms with E-state index in [1.165, 1.54) is 0 Å². The van der Waals surface area contributed by atoms with Crippen molar-refractivity contribution in [1.29, 1.82) is 0 Å². The van der Waals surface area contributed by atoms with Crippen LogP contribution in [-0.2, 0) is 17.9 Å². The van der Waals surface area contributed by atoms with Gasteiger partial charge in [-0.05, 0) is 30.0 Å². The molecule has 0 radical (unpaired) electrons. The van der Waals surface area contributed by atoms with Gasteiger partial charge in [-0.1, -0.05) is 24.3 Å². The van der Waals surface area contributed by atoms with Gasteiger partial charge in [-0.25, -0.2) is 0 Å². The number of likely N-dealkylation sites (tertiary alicyclic amines) is 1. The van der Waals surface area contributed by atoms with E-state index in [0.717, 1.165) is 11.1 Å². The Morgan fingerprint density at radius 2 is 1.96 bits per heavy atom.